The van der Waals surface area contributed by atoms with E-state index in [2.05, 4.69) is 20.7 Å². The molecule has 2 rings (SSSR count). The van der Waals surface area contributed by atoms with Crippen LogP contribution in [0.15, 0.2) is 16.7 Å². The third-order valence-electron chi connectivity index (χ3n) is 3.00. The third kappa shape index (κ3) is 3.46. The molecule has 2 heterocycles. The summed E-state index contributed by atoms with van der Waals surface area (Å²) in [5, 5.41) is 13.8. The van der Waals surface area contributed by atoms with Crippen molar-refractivity contribution in [3.05, 3.63) is 35.0 Å². The Hall–Kier alpha value is -2.11. The molecule has 0 aromatic carbocycles. The summed E-state index contributed by atoms with van der Waals surface area (Å²) in [4.78, 5) is 12.0. The topological polar surface area (TPSA) is 83.8 Å². The van der Waals surface area contributed by atoms with Gasteiger partial charge in [0, 0.05) is 24.2 Å². The molecule has 6 heteroatoms. The molecule has 0 saturated heterocycles. The molecule has 20 heavy (non-hydrogen) atoms. The highest BCUT2D eigenvalue weighted by atomic mass is 16.5. The van der Waals surface area contributed by atoms with Crippen molar-refractivity contribution in [2.45, 2.75) is 46.1 Å². The molecule has 0 fully saturated rings. The minimum Gasteiger partial charge on any atom is -0.351 e. The largest absolute Gasteiger partial charge is 0.351 e. The standard InChI is InChI=1S/C14H20N4O2/c1-8(2)12-7-13(20-18-12)14(19)15-9(3)5-11-6-10(4)16-17-11/h6-9H,5H2,1-4H3,(H,15,19)(H,16,17)/t9-/m0/s1. The summed E-state index contributed by atoms with van der Waals surface area (Å²) < 4.78 is 5.06. The van der Waals surface area contributed by atoms with E-state index in [9.17, 15) is 4.79 Å². The summed E-state index contributed by atoms with van der Waals surface area (Å²) in [7, 11) is 0. The second-order valence-corrected chi connectivity index (χ2v) is 5.39. The summed E-state index contributed by atoms with van der Waals surface area (Å²) in [6.07, 6.45) is 0.668. The average molecular weight is 276 g/mol. The van der Waals surface area contributed by atoms with E-state index in [1.807, 2.05) is 33.8 Å². The van der Waals surface area contributed by atoms with Gasteiger partial charge >= 0.3 is 0 Å². The van der Waals surface area contributed by atoms with E-state index in [1.165, 1.54) is 0 Å². The summed E-state index contributed by atoms with van der Waals surface area (Å²) in [5.74, 6) is 0.243. The number of hydrogen-bond acceptors (Lipinski definition) is 4. The molecule has 0 saturated carbocycles. The first-order valence-electron chi connectivity index (χ1n) is 6.74. The molecule has 0 aliphatic carbocycles. The van der Waals surface area contributed by atoms with Crippen molar-refractivity contribution in [2.75, 3.05) is 0 Å². The van der Waals surface area contributed by atoms with Crippen LogP contribution in [0.5, 0.6) is 0 Å². The first-order valence-corrected chi connectivity index (χ1v) is 6.74. The number of carbonyl (C=O) groups is 1. The van der Waals surface area contributed by atoms with Gasteiger partial charge in [0.15, 0.2) is 0 Å². The third-order valence-corrected chi connectivity index (χ3v) is 3.00. The molecule has 0 spiro atoms. The number of carbonyl (C=O) groups excluding carboxylic acids is 1. The Bertz CT molecular complexity index is 586. The van der Waals surface area contributed by atoms with E-state index in [4.69, 9.17) is 4.52 Å². The first-order chi connectivity index (χ1) is 9.45. The zero-order chi connectivity index (χ0) is 14.7. The Balaban J connectivity index is 1.93. The van der Waals surface area contributed by atoms with Crippen molar-refractivity contribution in [1.29, 1.82) is 0 Å². The van der Waals surface area contributed by atoms with Crippen molar-refractivity contribution < 1.29 is 9.32 Å². The normalized spacial score (nSPS) is 12.7. The summed E-state index contributed by atoms with van der Waals surface area (Å²) in [6, 6.07) is 3.62. The molecule has 0 unspecified atom stereocenters. The number of aromatic nitrogens is 3. The maximum absolute atomic E-state index is 12.0. The Labute approximate surface area is 117 Å². The SMILES string of the molecule is Cc1cc(C[C@H](C)NC(=O)c2cc(C(C)C)no2)n[nH]1. The second-order valence-electron chi connectivity index (χ2n) is 5.39. The van der Waals surface area contributed by atoms with Gasteiger partial charge in [-0.2, -0.15) is 5.10 Å². The lowest BCUT2D eigenvalue weighted by atomic mass is 10.1. The van der Waals surface area contributed by atoms with Gasteiger partial charge in [0.1, 0.15) is 0 Å². The molecular weight excluding hydrogens is 256 g/mol. The minimum absolute atomic E-state index is 0.0298. The quantitative estimate of drug-likeness (QED) is 0.876. The molecule has 0 bridgehead atoms. The van der Waals surface area contributed by atoms with E-state index < -0.39 is 0 Å². The number of rotatable bonds is 5. The van der Waals surface area contributed by atoms with Gasteiger partial charge in [-0.1, -0.05) is 19.0 Å². The number of aryl methyl sites for hydroxylation is 1. The predicted octanol–water partition coefficient (Wildman–Crippen LogP) is 2.19. The maximum Gasteiger partial charge on any atom is 0.290 e. The molecule has 0 aliphatic heterocycles. The van der Waals surface area contributed by atoms with Crippen molar-refractivity contribution in [1.82, 2.24) is 20.7 Å². The Morgan fingerprint density at radius 1 is 1.40 bits per heavy atom. The van der Waals surface area contributed by atoms with Crippen LogP contribution in [0.2, 0.25) is 0 Å². The maximum atomic E-state index is 12.0. The van der Waals surface area contributed by atoms with Crippen molar-refractivity contribution in [3.63, 3.8) is 0 Å². The fourth-order valence-electron chi connectivity index (χ4n) is 1.91. The number of hydrogen-bond donors (Lipinski definition) is 2. The van der Waals surface area contributed by atoms with Crippen LogP contribution in [-0.4, -0.2) is 27.3 Å². The highest BCUT2D eigenvalue weighted by molar-refractivity contribution is 5.91. The lowest BCUT2D eigenvalue weighted by Gasteiger charge is -2.10. The molecule has 0 aliphatic rings. The van der Waals surface area contributed by atoms with Gasteiger partial charge in [0.05, 0.1) is 11.4 Å². The van der Waals surface area contributed by atoms with Crippen LogP contribution in [0.3, 0.4) is 0 Å². The van der Waals surface area contributed by atoms with Crippen LogP contribution in [-0.2, 0) is 6.42 Å². The molecular formula is C14H20N4O2. The van der Waals surface area contributed by atoms with Crippen LogP contribution >= 0.6 is 0 Å². The molecule has 1 amide bonds. The fraction of sp³-hybridized carbons (Fsp3) is 0.500. The molecule has 2 aromatic rings. The van der Waals surface area contributed by atoms with Crippen LogP contribution in [0.1, 0.15) is 54.3 Å². The molecule has 0 radical (unpaired) electrons. The summed E-state index contributed by atoms with van der Waals surface area (Å²) in [6.45, 7) is 7.88. The predicted molar refractivity (Wildman–Crippen MR) is 74.5 cm³/mol. The van der Waals surface area contributed by atoms with E-state index in [1.54, 1.807) is 6.07 Å². The number of aromatic amines is 1. The fourth-order valence-corrected chi connectivity index (χ4v) is 1.91. The minimum atomic E-state index is -0.246. The van der Waals surface area contributed by atoms with Gasteiger partial charge in [-0.15, -0.1) is 0 Å². The van der Waals surface area contributed by atoms with Gasteiger partial charge in [0.2, 0.25) is 5.76 Å². The number of amides is 1. The highest BCUT2D eigenvalue weighted by Gasteiger charge is 2.17. The smallest absolute Gasteiger partial charge is 0.290 e. The van der Waals surface area contributed by atoms with Crippen LogP contribution in [0, 0.1) is 6.92 Å². The zero-order valence-corrected chi connectivity index (χ0v) is 12.2. The van der Waals surface area contributed by atoms with Crippen LogP contribution < -0.4 is 5.32 Å². The van der Waals surface area contributed by atoms with Gasteiger partial charge in [-0.3, -0.25) is 9.89 Å². The van der Waals surface area contributed by atoms with E-state index in [0.29, 0.717) is 6.42 Å². The van der Waals surface area contributed by atoms with E-state index >= 15 is 0 Å². The second kappa shape index (κ2) is 5.90. The van der Waals surface area contributed by atoms with Gasteiger partial charge in [-0.05, 0) is 25.8 Å². The summed E-state index contributed by atoms with van der Waals surface area (Å²) in [5.41, 5.74) is 2.72. The highest BCUT2D eigenvalue weighted by Crippen LogP contribution is 2.14. The molecule has 2 aromatic heterocycles. The first kappa shape index (κ1) is 14.3. The number of H-pyrrole nitrogens is 1. The lowest BCUT2D eigenvalue weighted by molar-refractivity contribution is 0.0902. The van der Waals surface area contributed by atoms with Crippen molar-refractivity contribution >= 4 is 5.91 Å². The van der Waals surface area contributed by atoms with Crippen molar-refractivity contribution in [2.24, 2.45) is 0 Å². The molecule has 108 valence electrons. The zero-order valence-electron chi connectivity index (χ0n) is 12.2. The van der Waals surface area contributed by atoms with Gasteiger partial charge < -0.3 is 9.84 Å². The molecule has 2 N–H and O–H groups in total. The van der Waals surface area contributed by atoms with Crippen LogP contribution in [0.4, 0.5) is 0 Å². The molecule has 1 atom stereocenters. The van der Waals surface area contributed by atoms with E-state index in [0.717, 1.165) is 17.1 Å². The number of nitrogens with one attached hydrogen (secondary N) is 2. The average Bonchev–Trinajstić information content (AvgIpc) is 2.98. The number of nitrogens with zero attached hydrogens (tertiary/aromatic N) is 2. The van der Waals surface area contributed by atoms with Crippen molar-refractivity contribution in [3.8, 4) is 0 Å². The summed E-state index contributed by atoms with van der Waals surface area (Å²) >= 11 is 0. The Kier molecular flexibility index (Phi) is 4.22. The lowest BCUT2D eigenvalue weighted by Crippen LogP contribution is -2.33. The monoisotopic (exact) mass is 276 g/mol. The Morgan fingerprint density at radius 3 is 2.70 bits per heavy atom. The van der Waals surface area contributed by atoms with Gasteiger partial charge in [-0.25, -0.2) is 0 Å². The Morgan fingerprint density at radius 2 is 2.15 bits per heavy atom. The van der Waals surface area contributed by atoms with E-state index in [-0.39, 0.29) is 23.6 Å². The van der Waals surface area contributed by atoms with Gasteiger partial charge in [0.25, 0.3) is 5.91 Å². The molecule has 6 nitrogen and oxygen atoms in total. The van der Waals surface area contributed by atoms with Crippen LogP contribution in [0.25, 0.3) is 0 Å².